The van der Waals surface area contributed by atoms with E-state index in [1.807, 2.05) is 25.2 Å². The zero-order valence-electron chi connectivity index (χ0n) is 11.7. The molecule has 1 unspecified atom stereocenters. The van der Waals surface area contributed by atoms with Crippen LogP contribution in [-0.4, -0.2) is 26.3 Å². The average Bonchev–Trinajstić information content (AvgIpc) is 2.48. The van der Waals surface area contributed by atoms with Crippen LogP contribution in [0.15, 0.2) is 36.7 Å². The lowest BCUT2D eigenvalue weighted by atomic mass is 9.99. The van der Waals surface area contributed by atoms with Crippen molar-refractivity contribution < 1.29 is 9.47 Å². The van der Waals surface area contributed by atoms with Crippen molar-refractivity contribution in [1.82, 2.24) is 10.3 Å². The number of ether oxygens (including phenoxy) is 2. The molecule has 1 atom stereocenters. The third kappa shape index (κ3) is 3.03. The van der Waals surface area contributed by atoms with Gasteiger partial charge < -0.3 is 14.8 Å². The maximum Gasteiger partial charge on any atom is 0.137 e. The number of halogens is 1. The molecule has 0 saturated carbocycles. The molecular formula is C15H17ClN2O2. The zero-order chi connectivity index (χ0) is 14.5. The number of methoxy groups -OCH3 is 2. The fraction of sp³-hybridized carbons (Fsp3) is 0.267. The quantitative estimate of drug-likeness (QED) is 0.920. The molecular weight excluding hydrogens is 276 g/mol. The summed E-state index contributed by atoms with van der Waals surface area (Å²) >= 11 is 6.10. The molecule has 0 fully saturated rings. The van der Waals surface area contributed by atoms with Gasteiger partial charge in [-0.3, -0.25) is 4.98 Å². The lowest BCUT2D eigenvalue weighted by molar-refractivity contribution is 0.403. The average molecular weight is 293 g/mol. The number of nitrogens with one attached hydrogen (secondary N) is 1. The van der Waals surface area contributed by atoms with E-state index >= 15 is 0 Å². The first kappa shape index (κ1) is 14.6. The van der Waals surface area contributed by atoms with Crippen LogP contribution >= 0.6 is 11.6 Å². The molecule has 4 nitrogen and oxygen atoms in total. The molecule has 0 aliphatic heterocycles. The second kappa shape index (κ2) is 6.59. The molecule has 0 saturated heterocycles. The van der Waals surface area contributed by atoms with Gasteiger partial charge in [0.2, 0.25) is 0 Å². The van der Waals surface area contributed by atoms with Crippen LogP contribution in [0.4, 0.5) is 0 Å². The van der Waals surface area contributed by atoms with E-state index in [1.54, 1.807) is 32.7 Å². The third-order valence-corrected chi connectivity index (χ3v) is 3.33. The lowest BCUT2D eigenvalue weighted by Crippen LogP contribution is -2.18. The van der Waals surface area contributed by atoms with Gasteiger partial charge in [-0.05, 0) is 36.9 Å². The van der Waals surface area contributed by atoms with Crippen LogP contribution in [0, 0.1) is 0 Å². The molecule has 1 aromatic heterocycles. The van der Waals surface area contributed by atoms with Gasteiger partial charge in [-0.1, -0.05) is 11.6 Å². The van der Waals surface area contributed by atoms with Gasteiger partial charge in [0.1, 0.15) is 11.5 Å². The Kier molecular flexibility index (Phi) is 4.82. The summed E-state index contributed by atoms with van der Waals surface area (Å²) in [5.74, 6) is 1.49. The van der Waals surface area contributed by atoms with Gasteiger partial charge in [0.05, 0.1) is 26.5 Å². The molecule has 0 bridgehead atoms. The fourth-order valence-electron chi connectivity index (χ4n) is 2.14. The summed E-state index contributed by atoms with van der Waals surface area (Å²) < 4.78 is 10.6. The number of aromatic nitrogens is 1. The SMILES string of the molecule is CNC(c1cncc(OC)c1)c1cc(Cl)ccc1OC. The maximum absolute atomic E-state index is 6.10. The molecule has 1 aromatic carbocycles. The van der Waals surface area contributed by atoms with Crippen molar-refractivity contribution in [3.05, 3.63) is 52.8 Å². The maximum atomic E-state index is 6.10. The molecule has 0 aliphatic rings. The summed E-state index contributed by atoms with van der Waals surface area (Å²) in [5, 5.41) is 3.92. The van der Waals surface area contributed by atoms with Gasteiger partial charge in [0, 0.05) is 16.8 Å². The Hall–Kier alpha value is -1.78. The molecule has 2 rings (SSSR count). The van der Waals surface area contributed by atoms with E-state index in [-0.39, 0.29) is 6.04 Å². The van der Waals surface area contributed by atoms with Crippen molar-refractivity contribution in [2.24, 2.45) is 0 Å². The Labute approximate surface area is 123 Å². The van der Waals surface area contributed by atoms with E-state index in [0.29, 0.717) is 10.8 Å². The first-order valence-corrected chi connectivity index (χ1v) is 6.57. The topological polar surface area (TPSA) is 43.4 Å². The Bertz CT molecular complexity index is 590. The number of pyridine rings is 1. The highest BCUT2D eigenvalue weighted by molar-refractivity contribution is 6.30. The van der Waals surface area contributed by atoms with E-state index < -0.39 is 0 Å². The van der Waals surface area contributed by atoms with Crippen LogP contribution in [-0.2, 0) is 0 Å². The minimum absolute atomic E-state index is 0.0775. The van der Waals surface area contributed by atoms with Crippen LogP contribution < -0.4 is 14.8 Å². The van der Waals surface area contributed by atoms with Gasteiger partial charge in [-0.2, -0.15) is 0 Å². The normalized spacial score (nSPS) is 12.0. The number of hydrogen-bond acceptors (Lipinski definition) is 4. The highest BCUT2D eigenvalue weighted by atomic mass is 35.5. The minimum atomic E-state index is -0.0775. The molecule has 5 heteroatoms. The Morgan fingerprint density at radius 1 is 1.15 bits per heavy atom. The van der Waals surface area contributed by atoms with Crippen molar-refractivity contribution in [1.29, 1.82) is 0 Å². The number of rotatable bonds is 5. The van der Waals surface area contributed by atoms with Gasteiger partial charge >= 0.3 is 0 Å². The summed E-state index contributed by atoms with van der Waals surface area (Å²) in [6.07, 6.45) is 3.47. The molecule has 2 aromatic rings. The Morgan fingerprint density at radius 3 is 2.60 bits per heavy atom. The van der Waals surface area contributed by atoms with Crippen LogP contribution in [0.1, 0.15) is 17.2 Å². The lowest BCUT2D eigenvalue weighted by Gasteiger charge is -2.20. The van der Waals surface area contributed by atoms with Crippen LogP contribution in [0.25, 0.3) is 0 Å². The number of hydrogen-bond donors (Lipinski definition) is 1. The zero-order valence-corrected chi connectivity index (χ0v) is 12.4. The Balaban J connectivity index is 2.48. The molecule has 1 N–H and O–H groups in total. The van der Waals surface area contributed by atoms with Gasteiger partial charge in [0.15, 0.2) is 0 Å². The van der Waals surface area contributed by atoms with Crippen molar-refractivity contribution in [3.63, 3.8) is 0 Å². The second-order valence-corrected chi connectivity index (χ2v) is 4.70. The number of benzene rings is 1. The molecule has 0 radical (unpaired) electrons. The van der Waals surface area contributed by atoms with E-state index in [1.165, 1.54) is 0 Å². The first-order chi connectivity index (χ1) is 9.69. The van der Waals surface area contributed by atoms with Crippen molar-refractivity contribution in [2.75, 3.05) is 21.3 Å². The largest absolute Gasteiger partial charge is 0.496 e. The minimum Gasteiger partial charge on any atom is -0.496 e. The van der Waals surface area contributed by atoms with Gasteiger partial charge in [0.25, 0.3) is 0 Å². The highest BCUT2D eigenvalue weighted by Crippen LogP contribution is 2.32. The van der Waals surface area contributed by atoms with Crippen molar-refractivity contribution in [2.45, 2.75) is 6.04 Å². The highest BCUT2D eigenvalue weighted by Gasteiger charge is 2.18. The summed E-state index contributed by atoms with van der Waals surface area (Å²) in [7, 11) is 5.14. The molecule has 1 heterocycles. The van der Waals surface area contributed by atoms with Gasteiger partial charge in [-0.25, -0.2) is 0 Å². The number of nitrogens with zero attached hydrogens (tertiary/aromatic N) is 1. The first-order valence-electron chi connectivity index (χ1n) is 6.19. The Morgan fingerprint density at radius 2 is 1.95 bits per heavy atom. The summed E-state index contributed by atoms with van der Waals surface area (Å²) in [6, 6.07) is 7.41. The van der Waals surface area contributed by atoms with Crippen molar-refractivity contribution >= 4 is 11.6 Å². The van der Waals surface area contributed by atoms with E-state index in [9.17, 15) is 0 Å². The molecule has 0 spiro atoms. The molecule has 0 amide bonds. The van der Waals surface area contributed by atoms with Crippen LogP contribution in [0.5, 0.6) is 11.5 Å². The molecule has 106 valence electrons. The standard InChI is InChI=1S/C15H17ClN2O2/c1-17-15(10-6-12(19-2)9-18-8-10)13-7-11(16)4-5-14(13)20-3/h4-9,15,17H,1-3H3. The van der Waals surface area contributed by atoms with E-state index in [0.717, 1.165) is 16.9 Å². The second-order valence-electron chi connectivity index (χ2n) is 4.27. The third-order valence-electron chi connectivity index (χ3n) is 3.09. The monoisotopic (exact) mass is 292 g/mol. The summed E-state index contributed by atoms with van der Waals surface area (Å²) in [6.45, 7) is 0. The fourth-order valence-corrected chi connectivity index (χ4v) is 2.32. The van der Waals surface area contributed by atoms with E-state index in [2.05, 4.69) is 10.3 Å². The van der Waals surface area contributed by atoms with Crippen LogP contribution in [0.3, 0.4) is 0 Å². The predicted octanol–water partition coefficient (Wildman–Crippen LogP) is 3.06. The van der Waals surface area contributed by atoms with Crippen molar-refractivity contribution in [3.8, 4) is 11.5 Å². The molecule has 20 heavy (non-hydrogen) atoms. The molecule has 0 aliphatic carbocycles. The van der Waals surface area contributed by atoms with Gasteiger partial charge in [-0.15, -0.1) is 0 Å². The summed E-state index contributed by atoms with van der Waals surface area (Å²) in [4.78, 5) is 4.19. The summed E-state index contributed by atoms with van der Waals surface area (Å²) in [5.41, 5.74) is 1.94. The smallest absolute Gasteiger partial charge is 0.137 e. The van der Waals surface area contributed by atoms with E-state index in [4.69, 9.17) is 21.1 Å². The predicted molar refractivity (Wildman–Crippen MR) is 79.7 cm³/mol. The van der Waals surface area contributed by atoms with Crippen LogP contribution in [0.2, 0.25) is 5.02 Å².